The first-order valence-corrected chi connectivity index (χ1v) is 7.67. The molecule has 0 aliphatic heterocycles. The number of halogens is 2. The molecule has 1 N–H and O–H groups in total. The Hall–Kier alpha value is -1.22. The predicted octanol–water partition coefficient (Wildman–Crippen LogP) is 4.91. The molecule has 0 aliphatic rings. The van der Waals surface area contributed by atoms with Crippen LogP contribution in [0.1, 0.15) is 24.1 Å². The van der Waals surface area contributed by atoms with E-state index in [-0.39, 0.29) is 6.04 Å². The molecule has 2 rings (SSSR count). The normalized spacial score (nSPS) is 12.2. The number of nitrogens with zero attached hydrogens (tertiary/aromatic N) is 1. The maximum atomic E-state index is 6.23. The van der Waals surface area contributed by atoms with Crippen LogP contribution in [0.15, 0.2) is 42.5 Å². The van der Waals surface area contributed by atoms with Crippen LogP contribution in [0, 0.1) is 0 Å². The van der Waals surface area contributed by atoms with E-state index in [1.54, 1.807) is 6.07 Å². The second kappa shape index (κ2) is 7.17. The minimum Gasteiger partial charge on any atom is -0.378 e. The third-order valence-corrected chi connectivity index (χ3v) is 4.06. The lowest BCUT2D eigenvalue weighted by atomic mass is 10.1. The van der Waals surface area contributed by atoms with Crippen LogP contribution < -0.4 is 10.2 Å². The summed E-state index contributed by atoms with van der Waals surface area (Å²) in [5.74, 6) is 0. The van der Waals surface area contributed by atoms with Gasteiger partial charge in [-0.05, 0) is 42.3 Å². The first kappa shape index (κ1) is 16.2. The van der Waals surface area contributed by atoms with Crippen LogP contribution in [0.4, 0.5) is 5.69 Å². The van der Waals surface area contributed by atoms with E-state index in [9.17, 15) is 0 Å². The van der Waals surface area contributed by atoms with Gasteiger partial charge in [0.05, 0.1) is 0 Å². The van der Waals surface area contributed by atoms with Gasteiger partial charge in [0.25, 0.3) is 0 Å². The SMILES string of the molecule is CC(NCc1ccc(N(C)C)cc1)c1ccc(Cl)cc1Cl. The molecule has 21 heavy (non-hydrogen) atoms. The third-order valence-electron chi connectivity index (χ3n) is 3.49. The Morgan fingerprint density at radius 2 is 1.71 bits per heavy atom. The van der Waals surface area contributed by atoms with E-state index < -0.39 is 0 Å². The van der Waals surface area contributed by atoms with Gasteiger partial charge in [-0.25, -0.2) is 0 Å². The van der Waals surface area contributed by atoms with E-state index >= 15 is 0 Å². The summed E-state index contributed by atoms with van der Waals surface area (Å²) in [5.41, 5.74) is 3.51. The summed E-state index contributed by atoms with van der Waals surface area (Å²) < 4.78 is 0. The first-order chi connectivity index (χ1) is 9.97. The van der Waals surface area contributed by atoms with Gasteiger partial charge in [0.1, 0.15) is 0 Å². The summed E-state index contributed by atoms with van der Waals surface area (Å²) in [6, 6.07) is 14.3. The Labute approximate surface area is 136 Å². The van der Waals surface area contributed by atoms with Crippen molar-refractivity contribution in [1.29, 1.82) is 0 Å². The van der Waals surface area contributed by atoms with E-state index in [2.05, 4.69) is 41.4 Å². The highest BCUT2D eigenvalue weighted by Gasteiger charge is 2.09. The minimum atomic E-state index is 0.170. The van der Waals surface area contributed by atoms with E-state index in [1.165, 1.54) is 11.3 Å². The molecule has 2 aromatic carbocycles. The Bertz CT molecular complexity index is 594. The van der Waals surface area contributed by atoms with Crippen LogP contribution >= 0.6 is 23.2 Å². The smallest absolute Gasteiger partial charge is 0.0468 e. The highest BCUT2D eigenvalue weighted by atomic mass is 35.5. The van der Waals surface area contributed by atoms with Gasteiger partial charge in [-0.1, -0.05) is 41.4 Å². The summed E-state index contributed by atoms with van der Waals surface area (Å²) >= 11 is 12.2. The van der Waals surface area contributed by atoms with Crippen LogP contribution in [0.5, 0.6) is 0 Å². The molecule has 1 atom stereocenters. The molecular formula is C17H20Cl2N2. The topological polar surface area (TPSA) is 15.3 Å². The van der Waals surface area contributed by atoms with Gasteiger partial charge in [-0.2, -0.15) is 0 Å². The largest absolute Gasteiger partial charge is 0.378 e. The number of hydrogen-bond acceptors (Lipinski definition) is 2. The van der Waals surface area contributed by atoms with Gasteiger partial charge in [-0.3, -0.25) is 0 Å². The fourth-order valence-corrected chi connectivity index (χ4v) is 2.72. The van der Waals surface area contributed by atoms with Gasteiger partial charge in [0.15, 0.2) is 0 Å². The first-order valence-electron chi connectivity index (χ1n) is 6.92. The summed E-state index contributed by atoms with van der Waals surface area (Å²) in [4.78, 5) is 2.09. The van der Waals surface area contributed by atoms with Crippen molar-refractivity contribution in [3.05, 3.63) is 63.6 Å². The zero-order chi connectivity index (χ0) is 15.4. The molecule has 0 amide bonds. The summed E-state index contributed by atoms with van der Waals surface area (Å²) in [5, 5.41) is 4.84. The zero-order valence-corrected chi connectivity index (χ0v) is 14.0. The van der Waals surface area contributed by atoms with Gasteiger partial charge in [0, 0.05) is 42.4 Å². The number of nitrogens with one attached hydrogen (secondary N) is 1. The fourth-order valence-electron chi connectivity index (χ4n) is 2.15. The molecule has 0 radical (unpaired) electrons. The molecule has 112 valence electrons. The Balaban J connectivity index is 1.98. The van der Waals surface area contributed by atoms with Gasteiger partial charge >= 0.3 is 0 Å². The highest BCUT2D eigenvalue weighted by Crippen LogP contribution is 2.26. The second-order valence-electron chi connectivity index (χ2n) is 5.33. The van der Waals surface area contributed by atoms with Crippen LogP contribution in [0.2, 0.25) is 10.0 Å². The summed E-state index contributed by atoms with van der Waals surface area (Å²) in [6.45, 7) is 2.90. The monoisotopic (exact) mass is 322 g/mol. The van der Waals surface area contributed by atoms with Gasteiger partial charge in [0.2, 0.25) is 0 Å². The van der Waals surface area contributed by atoms with Crippen molar-refractivity contribution < 1.29 is 0 Å². The average Bonchev–Trinajstić information content (AvgIpc) is 2.45. The fraction of sp³-hybridized carbons (Fsp3) is 0.294. The highest BCUT2D eigenvalue weighted by molar-refractivity contribution is 6.35. The standard InChI is InChI=1S/C17H20Cl2N2/c1-12(16-9-6-14(18)10-17(16)19)20-11-13-4-7-15(8-5-13)21(2)3/h4-10,12,20H,11H2,1-3H3. The number of benzene rings is 2. The lowest BCUT2D eigenvalue weighted by molar-refractivity contribution is 0.575. The predicted molar refractivity (Wildman–Crippen MR) is 92.5 cm³/mol. The molecule has 0 aromatic heterocycles. The maximum Gasteiger partial charge on any atom is 0.0468 e. The van der Waals surface area contributed by atoms with Crippen molar-refractivity contribution in [3.8, 4) is 0 Å². The van der Waals surface area contributed by atoms with E-state index in [1.807, 2.05) is 26.2 Å². The van der Waals surface area contributed by atoms with Crippen LogP contribution in [-0.2, 0) is 6.54 Å². The van der Waals surface area contributed by atoms with Crippen LogP contribution in [0.25, 0.3) is 0 Å². The molecule has 0 spiro atoms. The molecule has 0 bridgehead atoms. The average molecular weight is 323 g/mol. The number of hydrogen-bond donors (Lipinski definition) is 1. The van der Waals surface area contributed by atoms with Crippen molar-refractivity contribution in [1.82, 2.24) is 5.32 Å². The van der Waals surface area contributed by atoms with Crippen molar-refractivity contribution in [2.75, 3.05) is 19.0 Å². The second-order valence-corrected chi connectivity index (χ2v) is 6.17. The summed E-state index contributed by atoms with van der Waals surface area (Å²) in [6.07, 6.45) is 0. The van der Waals surface area contributed by atoms with E-state index in [0.29, 0.717) is 10.0 Å². The van der Waals surface area contributed by atoms with Crippen molar-refractivity contribution >= 4 is 28.9 Å². The molecule has 4 heteroatoms. The lowest BCUT2D eigenvalue weighted by Crippen LogP contribution is -2.18. The lowest BCUT2D eigenvalue weighted by Gasteiger charge is -2.17. The van der Waals surface area contributed by atoms with Gasteiger partial charge < -0.3 is 10.2 Å². The van der Waals surface area contributed by atoms with Crippen LogP contribution in [0.3, 0.4) is 0 Å². The molecule has 0 heterocycles. The third kappa shape index (κ3) is 4.37. The van der Waals surface area contributed by atoms with E-state index in [0.717, 1.165) is 12.1 Å². The summed E-state index contributed by atoms with van der Waals surface area (Å²) in [7, 11) is 4.08. The Kier molecular flexibility index (Phi) is 5.51. The van der Waals surface area contributed by atoms with Crippen molar-refractivity contribution in [2.45, 2.75) is 19.5 Å². The molecule has 2 aromatic rings. The molecule has 0 aliphatic carbocycles. The molecule has 0 saturated heterocycles. The number of anilines is 1. The molecular weight excluding hydrogens is 303 g/mol. The quantitative estimate of drug-likeness (QED) is 0.841. The maximum absolute atomic E-state index is 6.23. The Morgan fingerprint density at radius 3 is 2.29 bits per heavy atom. The Morgan fingerprint density at radius 1 is 1.05 bits per heavy atom. The van der Waals surface area contributed by atoms with Crippen molar-refractivity contribution in [3.63, 3.8) is 0 Å². The molecule has 1 unspecified atom stereocenters. The van der Waals surface area contributed by atoms with Crippen LogP contribution in [-0.4, -0.2) is 14.1 Å². The van der Waals surface area contributed by atoms with Gasteiger partial charge in [-0.15, -0.1) is 0 Å². The molecule has 0 saturated carbocycles. The zero-order valence-electron chi connectivity index (χ0n) is 12.5. The molecule has 0 fully saturated rings. The van der Waals surface area contributed by atoms with Crippen molar-refractivity contribution in [2.24, 2.45) is 0 Å². The minimum absolute atomic E-state index is 0.170. The van der Waals surface area contributed by atoms with E-state index in [4.69, 9.17) is 23.2 Å². The molecule has 2 nitrogen and oxygen atoms in total. The number of rotatable bonds is 5.